The van der Waals surface area contributed by atoms with Gasteiger partial charge in [0.2, 0.25) is 0 Å². The first-order chi connectivity index (χ1) is 25.3. The fourth-order valence-electron chi connectivity index (χ4n) is 8.15. The molecule has 0 aliphatic rings. The van der Waals surface area contributed by atoms with Crippen LogP contribution in [0.2, 0.25) is 0 Å². The van der Waals surface area contributed by atoms with Crippen LogP contribution in [0.3, 0.4) is 0 Å². The molecule has 0 N–H and O–H groups in total. The molecule has 1 aromatic heterocycles. The van der Waals surface area contributed by atoms with E-state index in [-0.39, 0.29) is 0 Å². The SMILES string of the molecule is c1ccc(-c2ccc(-c3c4ccccc4c(-c4cccc(-c5cccc6c7ccccc7n(-c7ccccc7)c56)c4)c4ccccc34)cc2)cc1. The molecule has 0 bridgehead atoms. The van der Waals surface area contributed by atoms with Crippen LogP contribution >= 0.6 is 0 Å². The molecule has 0 atom stereocenters. The summed E-state index contributed by atoms with van der Waals surface area (Å²) in [6.07, 6.45) is 0. The Labute approximate surface area is 297 Å². The lowest BCUT2D eigenvalue weighted by Gasteiger charge is -2.18. The van der Waals surface area contributed by atoms with Crippen molar-refractivity contribution in [1.29, 1.82) is 0 Å². The van der Waals surface area contributed by atoms with Crippen molar-refractivity contribution in [2.45, 2.75) is 0 Å². The van der Waals surface area contributed by atoms with Crippen molar-refractivity contribution in [2.24, 2.45) is 0 Å². The van der Waals surface area contributed by atoms with E-state index in [2.05, 4.69) is 205 Å². The standard InChI is InChI=1S/C50H33N/c1-3-15-34(16-4-1)35-29-31-36(32-30-35)48-42-22-7-9-24-44(42)49(45-25-10-8-23-43(45)48)38-18-13-17-37(33-38)40-26-14-27-46-41-21-11-12-28-47(41)51(50(40)46)39-19-5-2-6-20-39/h1-33H. The molecule has 10 aromatic rings. The Kier molecular flexibility index (Phi) is 6.89. The van der Waals surface area contributed by atoms with Gasteiger partial charge >= 0.3 is 0 Å². The van der Waals surface area contributed by atoms with Gasteiger partial charge in [0, 0.05) is 22.0 Å². The van der Waals surface area contributed by atoms with Gasteiger partial charge in [-0.3, -0.25) is 0 Å². The molecule has 0 aliphatic carbocycles. The predicted octanol–water partition coefficient (Wildman–Crippen LogP) is 13.8. The second kappa shape index (κ2) is 12.0. The van der Waals surface area contributed by atoms with Gasteiger partial charge in [0.15, 0.2) is 0 Å². The van der Waals surface area contributed by atoms with Gasteiger partial charge in [0.25, 0.3) is 0 Å². The van der Waals surface area contributed by atoms with Crippen LogP contribution in [0, 0.1) is 0 Å². The third-order valence-electron chi connectivity index (χ3n) is 10.4. The molecule has 1 nitrogen and oxygen atoms in total. The average Bonchev–Trinajstić information content (AvgIpc) is 3.55. The maximum Gasteiger partial charge on any atom is 0.0619 e. The van der Waals surface area contributed by atoms with E-state index in [1.807, 2.05) is 0 Å². The minimum Gasteiger partial charge on any atom is -0.309 e. The van der Waals surface area contributed by atoms with Crippen LogP contribution < -0.4 is 0 Å². The molecule has 0 saturated heterocycles. The van der Waals surface area contributed by atoms with E-state index in [0.29, 0.717) is 0 Å². The van der Waals surface area contributed by atoms with Crippen LogP contribution in [0.4, 0.5) is 0 Å². The van der Waals surface area contributed by atoms with Crippen LogP contribution in [0.1, 0.15) is 0 Å². The van der Waals surface area contributed by atoms with Crippen molar-refractivity contribution >= 4 is 43.4 Å². The molecule has 238 valence electrons. The monoisotopic (exact) mass is 647 g/mol. The van der Waals surface area contributed by atoms with Gasteiger partial charge < -0.3 is 4.57 Å². The second-order valence-corrected chi connectivity index (χ2v) is 13.3. The van der Waals surface area contributed by atoms with Gasteiger partial charge in [0.05, 0.1) is 11.0 Å². The normalized spacial score (nSPS) is 11.5. The molecule has 0 radical (unpaired) electrons. The zero-order chi connectivity index (χ0) is 33.7. The van der Waals surface area contributed by atoms with Crippen LogP contribution in [0.5, 0.6) is 0 Å². The number of para-hydroxylation sites is 3. The Morgan fingerprint density at radius 1 is 0.275 bits per heavy atom. The first kappa shape index (κ1) is 29.2. The number of benzene rings is 9. The summed E-state index contributed by atoms with van der Waals surface area (Å²) in [4.78, 5) is 0. The fraction of sp³-hybridized carbons (Fsp3) is 0. The number of hydrogen-bond donors (Lipinski definition) is 0. The molecule has 9 aromatic carbocycles. The van der Waals surface area contributed by atoms with Crippen LogP contribution in [0.15, 0.2) is 200 Å². The summed E-state index contributed by atoms with van der Waals surface area (Å²) >= 11 is 0. The van der Waals surface area contributed by atoms with Gasteiger partial charge in [-0.05, 0) is 84.8 Å². The Bertz CT molecular complexity index is 2820. The summed E-state index contributed by atoms with van der Waals surface area (Å²) in [5.41, 5.74) is 13.5. The first-order valence-electron chi connectivity index (χ1n) is 17.6. The van der Waals surface area contributed by atoms with Crippen molar-refractivity contribution < 1.29 is 0 Å². The van der Waals surface area contributed by atoms with E-state index in [1.165, 1.54) is 87.9 Å². The smallest absolute Gasteiger partial charge is 0.0619 e. The third-order valence-corrected chi connectivity index (χ3v) is 10.4. The number of fused-ring (bicyclic) bond motifs is 5. The van der Waals surface area contributed by atoms with Crippen LogP contribution in [0.25, 0.3) is 93.5 Å². The summed E-state index contributed by atoms with van der Waals surface area (Å²) in [7, 11) is 0. The molecule has 10 rings (SSSR count). The maximum absolute atomic E-state index is 2.43. The summed E-state index contributed by atoms with van der Waals surface area (Å²) in [5, 5.41) is 7.56. The van der Waals surface area contributed by atoms with E-state index in [4.69, 9.17) is 0 Å². The highest BCUT2D eigenvalue weighted by Crippen LogP contribution is 2.45. The van der Waals surface area contributed by atoms with Gasteiger partial charge in [-0.25, -0.2) is 0 Å². The minimum absolute atomic E-state index is 1.16. The molecule has 1 heteroatoms. The predicted molar refractivity (Wildman–Crippen MR) is 218 cm³/mol. The maximum atomic E-state index is 2.43. The minimum atomic E-state index is 1.16. The highest BCUT2D eigenvalue weighted by atomic mass is 15.0. The van der Waals surface area contributed by atoms with Crippen molar-refractivity contribution in [3.63, 3.8) is 0 Å². The molecule has 0 fully saturated rings. The summed E-state index contributed by atoms with van der Waals surface area (Å²) in [6, 6.07) is 72.9. The van der Waals surface area contributed by atoms with Crippen molar-refractivity contribution in [1.82, 2.24) is 4.57 Å². The Morgan fingerprint density at radius 2 is 0.725 bits per heavy atom. The summed E-state index contributed by atoms with van der Waals surface area (Å²) in [6.45, 7) is 0. The van der Waals surface area contributed by atoms with E-state index < -0.39 is 0 Å². The number of rotatable bonds is 5. The molecule has 0 aliphatic heterocycles. The third kappa shape index (κ3) is 4.78. The first-order valence-corrected chi connectivity index (χ1v) is 17.6. The Balaban J connectivity index is 1.19. The van der Waals surface area contributed by atoms with E-state index in [0.717, 1.165) is 5.69 Å². The molecule has 0 unspecified atom stereocenters. The fourth-order valence-corrected chi connectivity index (χ4v) is 8.15. The van der Waals surface area contributed by atoms with E-state index in [1.54, 1.807) is 0 Å². The number of nitrogens with zero attached hydrogens (tertiary/aromatic N) is 1. The van der Waals surface area contributed by atoms with Crippen molar-refractivity contribution in [3.05, 3.63) is 200 Å². The Hall–Kier alpha value is -6.70. The Morgan fingerprint density at radius 3 is 1.39 bits per heavy atom. The molecule has 0 saturated carbocycles. The summed E-state index contributed by atoms with van der Waals surface area (Å²) < 4.78 is 2.43. The highest BCUT2D eigenvalue weighted by molar-refractivity contribution is 6.22. The molecule has 51 heavy (non-hydrogen) atoms. The lowest BCUT2D eigenvalue weighted by Crippen LogP contribution is -1.95. The van der Waals surface area contributed by atoms with Crippen LogP contribution in [-0.2, 0) is 0 Å². The van der Waals surface area contributed by atoms with Gasteiger partial charge in [0.1, 0.15) is 0 Å². The topological polar surface area (TPSA) is 4.93 Å². The number of aromatic nitrogens is 1. The lowest BCUT2D eigenvalue weighted by atomic mass is 9.85. The van der Waals surface area contributed by atoms with Crippen molar-refractivity contribution in [3.8, 4) is 50.2 Å². The quantitative estimate of drug-likeness (QED) is 0.164. The molecule has 0 spiro atoms. The average molecular weight is 648 g/mol. The summed E-state index contributed by atoms with van der Waals surface area (Å²) in [5.74, 6) is 0. The largest absolute Gasteiger partial charge is 0.309 e. The highest BCUT2D eigenvalue weighted by Gasteiger charge is 2.19. The van der Waals surface area contributed by atoms with Gasteiger partial charge in [-0.2, -0.15) is 0 Å². The van der Waals surface area contributed by atoms with Crippen LogP contribution in [-0.4, -0.2) is 4.57 Å². The van der Waals surface area contributed by atoms with E-state index in [9.17, 15) is 0 Å². The van der Waals surface area contributed by atoms with E-state index >= 15 is 0 Å². The zero-order valence-corrected chi connectivity index (χ0v) is 28.0. The van der Waals surface area contributed by atoms with Gasteiger partial charge in [-0.1, -0.05) is 176 Å². The molecule has 1 heterocycles. The van der Waals surface area contributed by atoms with Gasteiger partial charge in [-0.15, -0.1) is 0 Å². The lowest BCUT2D eigenvalue weighted by molar-refractivity contribution is 1.18. The molecular weight excluding hydrogens is 615 g/mol. The molecule has 0 amide bonds. The zero-order valence-electron chi connectivity index (χ0n) is 28.0. The second-order valence-electron chi connectivity index (χ2n) is 13.3. The van der Waals surface area contributed by atoms with Crippen molar-refractivity contribution in [2.75, 3.05) is 0 Å². The molecular formula is C50H33N. The number of hydrogen-bond acceptors (Lipinski definition) is 0.